The molecule has 9 heteroatoms. The van der Waals surface area contributed by atoms with Gasteiger partial charge in [0.1, 0.15) is 10.7 Å². The van der Waals surface area contributed by atoms with Crippen LogP contribution in [0, 0.1) is 5.82 Å². The highest BCUT2D eigenvalue weighted by Gasteiger charge is 2.18. The van der Waals surface area contributed by atoms with Crippen LogP contribution < -0.4 is 10.6 Å². The molecule has 0 spiro atoms. The number of thiophene rings is 1. The number of rotatable bonds is 8. The Hall–Kier alpha value is -1.20. The minimum absolute atomic E-state index is 0. The zero-order valence-corrected chi connectivity index (χ0v) is 19.3. The van der Waals surface area contributed by atoms with Crippen LogP contribution in [-0.4, -0.2) is 39.8 Å². The molecule has 0 aliphatic heterocycles. The fourth-order valence-corrected chi connectivity index (χ4v) is 4.37. The van der Waals surface area contributed by atoms with E-state index in [9.17, 15) is 12.8 Å². The average molecular weight is 525 g/mol. The number of hydrogen-bond donors (Lipinski definition) is 2. The van der Waals surface area contributed by atoms with Gasteiger partial charge in [-0.1, -0.05) is 19.1 Å². The van der Waals surface area contributed by atoms with Crippen LogP contribution in [0.2, 0.25) is 0 Å². The van der Waals surface area contributed by atoms with Gasteiger partial charge < -0.3 is 10.6 Å². The molecule has 1 aromatic carbocycles. The summed E-state index contributed by atoms with van der Waals surface area (Å²) in [5.74, 6) is -0.104. The standard InChI is InChI=1S/C18H24FN3O2S2.HI/c1-3-20-18(22-12-14(2)15-8-10-25-13-15)21-9-11-26(23,24)17-7-5-4-6-16(17)19;/h4-8,10,13-14H,3,9,11-12H2,1-2H3,(H2,20,21,22);1H. The SMILES string of the molecule is CCNC(=NCC(C)c1ccsc1)NCCS(=O)(=O)c1ccccc1F.I. The van der Waals surface area contributed by atoms with Crippen LogP contribution in [0.4, 0.5) is 4.39 Å². The summed E-state index contributed by atoms with van der Waals surface area (Å²) in [6, 6.07) is 7.49. The topological polar surface area (TPSA) is 70.6 Å². The van der Waals surface area contributed by atoms with Crippen molar-refractivity contribution in [2.75, 3.05) is 25.4 Å². The Labute approximate surface area is 181 Å². The second-order valence-corrected chi connectivity index (χ2v) is 8.71. The van der Waals surface area contributed by atoms with Gasteiger partial charge in [0.15, 0.2) is 15.8 Å². The van der Waals surface area contributed by atoms with E-state index in [1.807, 2.05) is 12.3 Å². The smallest absolute Gasteiger partial charge is 0.191 e. The van der Waals surface area contributed by atoms with E-state index in [1.165, 1.54) is 23.8 Å². The minimum atomic E-state index is -3.69. The summed E-state index contributed by atoms with van der Waals surface area (Å²) in [4.78, 5) is 4.24. The first-order valence-corrected chi connectivity index (χ1v) is 11.0. The Morgan fingerprint density at radius 3 is 2.63 bits per heavy atom. The molecular weight excluding hydrogens is 500 g/mol. The number of nitrogens with one attached hydrogen (secondary N) is 2. The molecule has 2 aromatic rings. The lowest BCUT2D eigenvalue weighted by molar-refractivity contribution is 0.566. The summed E-state index contributed by atoms with van der Waals surface area (Å²) in [5.41, 5.74) is 1.23. The Morgan fingerprint density at radius 1 is 1.26 bits per heavy atom. The lowest BCUT2D eigenvalue weighted by Gasteiger charge is -2.13. The Bertz CT molecular complexity index is 827. The van der Waals surface area contributed by atoms with Gasteiger partial charge in [0.05, 0.1) is 5.75 Å². The second-order valence-electron chi connectivity index (χ2n) is 5.85. The first-order chi connectivity index (χ1) is 12.4. The summed E-state index contributed by atoms with van der Waals surface area (Å²) < 4.78 is 38.3. The van der Waals surface area contributed by atoms with Gasteiger partial charge in [0.2, 0.25) is 0 Å². The summed E-state index contributed by atoms with van der Waals surface area (Å²) in [5, 5.41) is 10.2. The Balaban J connectivity index is 0.00000364. The lowest BCUT2D eigenvalue weighted by atomic mass is 10.1. The van der Waals surface area contributed by atoms with Gasteiger partial charge in [-0.3, -0.25) is 4.99 Å². The van der Waals surface area contributed by atoms with Crippen molar-refractivity contribution < 1.29 is 12.8 Å². The maximum absolute atomic E-state index is 13.7. The van der Waals surface area contributed by atoms with E-state index in [0.29, 0.717) is 19.0 Å². The lowest BCUT2D eigenvalue weighted by Crippen LogP contribution is -2.39. The molecule has 1 heterocycles. The molecule has 1 unspecified atom stereocenters. The number of sulfone groups is 1. The molecule has 0 bridgehead atoms. The van der Waals surface area contributed by atoms with Crippen molar-refractivity contribution in [3.05, 3.63) is 52.5 Å². The number of halogens is 2. The van der Waals surface area contributed by atoms with Crippen LogP contribution in [0.1, 0.15) is 25.3 Å². The predicted molar refractivity (Wildman–Crippen MR) is 121 cm³/mol. The zero-order valence-electron chi connectivity index (χ0n) is 15.3. The van der Waals surface area contributed by atoms with Crippen molar-refractivity contribution in [1.82, 2.24) is 10.6 Å². The molecule has 150 valence electrons. The van der Waals surface area contributed by atoms with Crippen molar-refractivity contribution in [2.24, 2.45) is 4.99 Å². The summed E-state index contributed by atoms with van der Waals surface area (Å²) in [6.45, 7) is 5.44. The van der Waals surface area contributed by atoms with Crippen molar-refractivity contribution >= 4 is 51.1 Å². The van der Waals surface area contributed by atoms with Crippen molar-refractivity contribution in [3.63, 3.8) is 0 Å². The fourth-order valence-electron chi connectivity index (χ4n) is 2.34. The van der Waals surface area contributed by atoms with E-state index < -0.39 is 15.7 Å². The molecule has 0 radical (unpaired) electrons. The second kappa shape index (κ2) is 11.6. The largest absolute Gasteiger partial charge is 0.357 e. The molecule has 0 saturated carbocycles. The molecule has 0 aliphatic rings. The quantitative estimate of drug-likeness (QED) is 0.314. The molecular formula is C18H25FIN3O2S2. The number of aliphatic imine (C=N–C) groups is 1. The van der Waals surface area contributed by atoms with Crippen LogP contribution in [0.25, 0.3) is 0 Å². The van der Waals surface area contributed by atoms with E-state index in [1.54, 1.807) is 11.3 Å². The van der Waals surface area contributed by atoms with E-state index >= 15 is 0 Å². The summed E-state index contributed by atoms with van der Waals surface area (Å²) in [6.07, 6.45) is 0. The van der Waals surface area contributed by atoms with E-state index in [2.05, 4.69) is 34.0 Å². The molecule has 2 N–H and O–H groups in total. The highest BCUT2D eigenvalue weighted by molar-refractivity contribution is 14.0. The molecule has 1 atom stereocenters. The Morgan fingerprint density at radius 2 is 2.00 bits per heavy atom. The van der Waals surface area contributed by atoms with E-state index in [4.69, 9.17) is 0 Å². The van der Waals surface area contributed by atoms with Gasteiger partial charge in [-0.25, -0.2) is 12.8 Å². The van der Waals surface area contributed by atoms with Gasteiger partial charge in [-0.15, -0.1) is 24.0 Å². The van der Waals surface area contributed by atoms with Crippen molar-refractivity contribution in [3.8, 4) is 0 Å². The van der Waals surface area contributed by atoms with Crippen LogP contribution in [-0.2, 0) is 9.84 Å². The first-order valence-electron chi connectivity index (χ1n) is 8.45. The van der Waals surface area contributed by atoms with Crippen molar-refractivity contribution in [1.29, 1.82) is 0 Å². The molecule has 2 rings (SSSR count). The summed E-state index contributed by atoms with van der Waals surface area (Å²) >= 11 is 1.65. The third kappa shape index (κ3) is 7.38. The van der Waals surface area contributed by atoms with Gasteiger partial charge in [0, 0.05) is 25.6 Å². The third-order valence-corrected chi connectivity index (χ3v) is 6.26. The van der Waals surface area contributed by atoms with Crippen LogP contribution in [0.15, 0.2) is 51.0 Å². The first kappa shape index (κ1) is 23.8. The zero-order chi connectivity index (χ0) is 19.0. The van der Waals surface area contributed by atoms with Crippen LogP contribution in [0.5, 0.6) is 0 Å². The third-order valence-electron chi connectivity index (χ3n) is 3.81. The normalized spacial score (nSPS) is 12.9. The average Bonchev–Trinajstić information content (AvgIpc) is 3.14. The number of hydrogen-bond acceptors (Lipinski definition) is 4. The van der Waals surface area contributed by atoms with Crippen molar-refractivity contribution in [2.45, 2.75) is 24.7 Å². The Kier molecular flexibility index (Phi) is 10.2. The number of nitrogens with zero attached hydrogens (tertiary/aromatic N) is 1. The van der Waals surface area contributed by atoms with Gasteiger partial charge in [-0.05, 0) is 41.4 Å². The molecule has 0 fully saturated rings. The molecule has 0 aliphatic carbocycles. The maximum atomic E-state index is 13.7. The fraction of sp³-hybridized carbons (Fsp3) is 0.389. The van der Waals surface area contributed by atoms with Crippen LogP contribution in [0.3, 0.4) is 0 Å². The summed E-state index contributed by atoms with van der Waals surface area (Å²) in [7, 11) is -3.69. The number of benzene rings is 1. The maximum Gasteiger partial charge on any atom is 0.191 e. The molecule has 27 heavy (non-hydrogen) atoms. The van der Waals surface area contributed by atoms with E-state index in [0.717, 1.165) is 6.07 Å². The highest BCUT2D eigenvalue weighted by Crippen LogP contribution is 2.18. The minimum Gasteiger partial charge on any atom is -0.357 e. The van der Waals surface area contributed by atoms with Gasteiger partial charge in [0.25, 0.3) is 0 Å². The molecule has 0 amide bonds. The molecule has 1 aromatic heterocycles. The van der Waals surface area contributed by atoms with Crippen LogP contribution >= 0.6 is 35.3 Å². The van der Waals surface area contributed by atoms with Gasteiger partial charge in [-0.2, -0.15) is 11.3 Å². The monoisotopic (exact) mass is 525 g/mol. The van der Waals surface area contributed by atoms with E-state index in [-0.39, 0.29) is 47.1 Å². The number of guanidine groups is 1. The molecule has 0 saturated heterocycles. The molecule has 5 nitrogen and oxygen atoms in total. The highest BCUT2D eigenvalue weighted by atomic mass is 127. The van der Waals surface area contributed by atoms with Gasteiger partial charge >= 0.3 is 0 Å². The predicted octanol–water partition coefficient (Wildman–Crippen LogP) is 3.64.